The fourth-order valence-electron chi connectivity index (χ4n) is 4.48. The van der Waals surface area contributed by atoms with Crippen LogP contribution in [0.25, 0.3) is 10.9 Å². The molecule has 35 heavy (non-hydrogen) atoms. The number of hydrogen-bond donors (Lipinski definition) is 1. The lowest BCUT2D eigenvalue weighted by molar-refractivity contribution is -0.136. The number of carboxylic acids is 1. The lowest BCUT2D eigenvalue weighted by Gasteiger charge is -2.08. The number of carboxylic acid groups (broad SMARTS) is 1. The van der Waals surface area contributed by atoms with E-state index >= 15 is 0 Å². The lowest BCUT2D eigenvalue weighted by Crippen LogP contribution is -2.12. The summed E-state index contributed by atoms with van der Waals surface area (Å²) in [4.78, 5) is 24.4. The molecule has 5 heteroatoms. The maximum absolute atomic E-state index is 13.0. The summed E-state index contributed by atoms with van der Waals surface area (Å²) in [6.45, 7) is 4.06. The van der Waals surface area contributed by atoms with E-state index in [-0.39, 0.29) is 12.3 Å². The van der Waals surface area contributed by atoms with Crippen molar-refractivity contribution in [3.63, 3.8) is 0 Å². The molecule has 0 bridgehead atoms. The molecular formula is C30H43NO4. The van der Waals surface area contributed by atoms with E-state index in [1.165, 1.54) is 38.5 Å². The standard InChI is InChI=1S/C30H43NO4/c1-4-5-6-7-8-9-10-11-12-13-14-15-16-17-18-19-29(32)31-24(2)26(23-30(33)34)27-22-25(35-3)20-21-28(27)31/h8-9,11-12,20-22H,4-7,10,13-19,23H2,1-3H3,(H,33,34). The van der Waals surface area contributed by atoms with Gasteiger partial charge in [-0.05, 0) is 69.2 Å². The van der Waals surface area contributed by atoms with Crippen LogP contribution in [0.4, 0.5) is 0 Å². The van der Waals surface area contributed by atoms with E-state index in [9.17, 15) is 14.7 Å². The summed E-state index contributed by atoms with van der Waals surface area (Å²) in [5, 5.41) is 10.1. The molecule has 5 nitrogen and oxygen atoms in total. The van der Waals surface area contributed by atoms with Crippen molar-refractivity contribution in [2.45, 2.75) is 97.3 Å². The number of benzene rings is 1. The van der Waals surface area contributed by atoms with Crippen LogP contribution in [0, 0.1) is 6.92 Å². The van der Waals surface area contributed by atoms with Gasteiger partial charge in [-0.1, -0.05) is 63.3 Å². The van der Waals surface area contributed by atoms with E-state index in [1.54, 1.807) is 11.7 Å². The number of nitrogens with zero attached hydrogens (tertiary/aromatic N) is 1. The average molecular weight is 482 g/mol. The number of hydrogen-bond acceptors (Lipinski definition) is 3. The Kier molecular flexibility index (Phi) is 13.0. The van der Waals surface area contributed by atoms with Crippen molar-refractivity contribution in [2.75, 3.05) is 7.11 Å². The number of allylic oxidation sites excluding steroid dienone is 4. The van der Waals surface area contributed by atoms with Crippen LogP contribution in [0.5, 0.6) is 5.75 Å². The van der Waals surface area contributed by atoms with Crippen molar-refractivity contribution in [1.82, 2.24) is 4.57 Å². The number of rotatable bonds is 17. The number of unbranched alkanes of at least 4 members (excludes halogenated alkanes) is 8. The van der Waals surface area contributed by atoms with E-state index in [0.29, 0.717) is 23.4 Å². The van der Waals surface area contributed by atoms with Gasteiger partial charge in [0.2, 0.25) is 5.91 Å². The van der Waals surface area contributed by atoms with E-state index < -0.39 is 5.97 Å². The molecule has 0 fully saturated rings. The number of carbonyl (C=O) groups excluding carboxylic acids is 1. The molecule has 0 aliphatic heterocycles. The predicted molar refractivity (Wildman–Crippen MR) is 145 cm³/mol. The largest absolute Gasteiger partial charge is 0.497 e. The number of ether oxygens (including phenoxy) is 1. The van der Waals surface area contributed by atoms with Gasteiger partial charge in [-0.25, -0.2) is 0 Å². The fraction of sp³-hybridized carbons (Fsp3) is 0.533. The van der Waals surface area contributed by atoms with Gasteiger partial charge < -0.3 is 9.84 Å². The van der Waals surface area contributed by atoms with Crippen LogP contribution in [0.3, 0.4) is 0 Å². The molecule has 1 aromatic carbocycles. The molecule has 1 aromatic heterocycles. The van der Waals surface area contributed by atoms with Gasteiger partial charge in [0.05, 0.1) is 19.0 Å². The van der Waals surface area contributed by atoms with Crippen molar-refractivity contribution in [3.8, 4) is 5.75 Å². The first-order chi connectivity index (χ1) is 17.0. The molecule has 2 rings (SSSR count). The van der Waals surface area contributed by atoms with Crippen LogP contribution in [0.1, 0.15) is 100 Å². The first kappa shape index (κ1) is 28.4. The summed E-state index contributed by atoms with van der Waals surface area (Å²) in [6, 6.07) is 5.48. The summed E-state index contributed by atoms with van der Waals surface area (Å²) in [5.74, 6) is -0.224. The molecule has 0 atom stereocenters. The Morgan fingerprint density at radius 1 is 0.943 bits per heavy atom. The van der Waals surface area contributed by atoms with Crippen LogP contribution in [0.15, 0.2) is 42.5 Å². The monoisotopic (exact) mass is 481 g/mol. The summed E-state index contributed by atoms with van der Waals surface area (Å²) in [6.07, 6.45) is 22.1. The van der Waals surface area contributed by atoms with Gasteiger partial charge in [0, 0.05) is 17.5 Å². The van der Waals surface area contributed by atoms with Crippen molar-refractivity contribution in [2.24, 2.45) is 0 Å². The third-order valence-electron chi connectivity index (χ3n) is 6.46. The van der Waals surface area contributed by atoms with E-state index in [2.05, 4.69) is 31.2 Å². The Hall–Kier alpha value is -2.82. The highest BCUT2D eigenvalue weighted by Crippen LogP contribution is 2.30. The Bertz CT molecular complexity index is 999. The normalized spacial score (nSPS) is 11.7. The van der Waals surface area contributed by atoms with Crippen LogP contribution in [0.2, 0.25) is 0 Å². The first-order valence-electron chi connectivity index (χ1n) is 13.2. The molecular weight excluding hydrogens is 438 g/mol. The molecule has 0 aliphatic carbocycles. The summed E-state index contributed by atoms with van der Waals surface area (Å²) in [7, 11) is 1.58. The molecule has 192 valence electrons. The summed E-state index contributed by atoms with van der Waals surface area (Å²) >= 11 is 0. The van der Waals surface area contributed by atoms with Crippen molar-refractivity contribution >= 4 is 22.8 Å². The third-order valence-corrected chi connectivity index (χ3v) is 6.46. The first-order valence-corrected chi connectivity index (χ1v) is 13.2. The topological polar surface area (TPSA) is 68.5 Å². The average Bonchev–Trinajstić information content (AvgIpc) is 3.11. The van der Waals surface area contributed by atoms with Gasteiger partial charge in [-0.2, -0.15) is 0 Å². The molecule has 0 unspecified atom stereocenters. The van der Waals surface area contributed by atoms with E-state index in [4.69, 9.17) is 4.74 Å². The number of carbonyl (C=O) groups is 2. The fourth-order valence-corrected chi connectivity index (χ4v) is 4.48. The Morgan fingerprint density at radius 3 is 2.26 bits per heavy atom. The van der Waals surface area contributed by atoms with Crippen molar-refractivity contribution < 1.29 is 19.4 Å². The van der Waals surface area contributed by atoms with Crippen molar-refractivity contribution in [3.05, 3.63) is 53.8 Å². The Morgan fingerprint density at radius 2 is 1.60 bits per heavy atom. The third kappa shape index (κ3) is 9.39. The maximum Gasteiger partial charge on any atom is 0.307 e. The number of aromatic nitrogens is 1. The highest BCUT2D eigenvalue weighted by molar-refractivity contribution is 5.98. The van der Waals surface area contributed by atoms with Gasteiger partial charge in [0.15, 0.2) is 0 Å². The Labute approximate surface area is 210 Å². The molecule has 0 radical (unpaired) electrons. The summed E-state index contributed by atoms with van der Waals surface area (Å²) < 4.78 is 6.99. The highest BCUT2D eigenvalue weighted by atomic mass is 16.5. The highest BCUT2D eigenvalue weighted by Gasteiger charge is 2.20. The van der Waals surface area contributed by atoms with Crippen LogP contribution in [-0.4, -0.2) is 28.7 Å². The van der Waals surface area contributed by atoms with Gasteiger partial charge in [-0.15, -0.1) is 0 Å². The van der Waals surface area contributed by atoms with Gasteiger partial charge >= 0.3 is 5.97 Å². The van der Waals surface area contributed by atoms with Gasteiger partial charge in [0.25, 0.3) is 0 Å². The Balaban J connectivity index is 1.74. The minimum atomic E-state index is -0.906. The zero-order valence-electron chi connectivity index (χ0n) is 21.9. The van der Waals surface area contributed by atoms with Crippen LogP contribution >= 0.6 is 0 Å². The van der Waals surface area contributed by atoms with Crippen LogP contribution < -0.4 is 4.74 Å². The van der Waals surface area contributed by atoms with Crippen LogP contribution in [-0.2, 0) is 11.2 Å². The second-order valence-corrected chi connectivity index (χ2v) is 9.23. The molecule has 0 aliphatic rings. The van der Waals surface area contributed by atoms with Gasteiger partial charge in [-0.3, -0.25) is 14.2 Å². The molecule has 2 aromatic rings. The predicted octanol–water partition coefficient (Wildman–Crippen LogP) is 8.04. The number of methoxy groups -OCH3 is 1. The molecule has 1 heterocycles. The van der Waals surface area contributed by atoms with E-state index in [0.717, 1.165) is 43.0 Å². The lowest BCUT2D eigenvalue weighted by atomic mass is 10.1. The minimum absolute atomic E-state index is 0.0278. The smallest absolute Gasteiger partial charge is 0.307 e. The number of fused-ring (bicyclic) bond motifs is 1. The summed E-state index contributed by atoms with van der Waals surface area (Å²) in [5.41, 5.74) is 2.15. The molecule has 0 saturated heterocycles. The minimum Gasteiger partial charge on any atom is -0.497 e. The zero-order chi connectivity index (χ0) is 25.5. The zero-order valence-corrected chi connectivity index (χ0v) is 21.9. The SMILES string of the molecule is CCCCCC=CCC=CCCCCCCCC(=O)n1c(C)c(CC(=O)O)c2cc(OC)ccc21. The second-order valence-electron chi connectivity index (χ2n) is 9.23. The van der Waals surface area contributed by atoms with E-state index in [1.807, 2.05) is 25.1 Å². The molecule has 1 N–H and O–H groups in total. The van der Waals surface area contributed by atoms with Gasteiger partial charge in [0.1, 0.15) is 5.75 Å². The molecule has 0 saturated carbocycles. The maximum atomic E-state index is 13.0. The molecule has 0 amide bonds. The second kappa shape index (κ2) is 16.0. The molecule has 0 spiro atoms. The number of aliphatic carboxylic acids is 1. The van der Waals surface area contributed by atoms with Crippen molar-refractivity contribution in [1.29, 1.82) is 0 Å². The quantitative estimate of drug-likeness (QED) is 0.183.